The Morgan fingerprint density at radius 3 is 2.33 bits per heavy atom. The van der Waals surface area contributed by atoms with Gasteiger partial charge in [-0.25, -0.2) is 4.79 Å². The summed E-state index contributed by atoms with van der Waals surface area (Å²) in [7, 11) is 0. The third-order valence-corrected chi connectivity index (χ3v) is 0.996. The number of aliphatic carboxylic acids is 1. The second-order valence-corrected chi connectivity index (χ2v) is 2.63. The Kier molecular flexibility index (Phi) is 4.04. The molecule has 0 rings (SSSR count). The van der Waals surface area contributed by atoms with Gasteiger partial charge in [-0.05, 0) is 13.8 Å². The summed E-state index contributed by atoms with van der Waals surface area (Å²) in [6, 6.07) is 0. The van der Waals surface area contributed by atoms with Crippen molar-refractivity contribution >= 4 is 11.9 Å². The molecular formula is C8H12O4. The maximum absolute atomic E-state index is 10.9. The molecule has 0 aliphatic rings. The quantitative estimate of drug-likeness (QED) is 0.507. The summed E-state index contributed by atoms with van der Waals surface area (Å²) in [6.45, 7) is 6.67. The van der Waals surface area contributed by atoms with Crippen LogP contribution in [-0.2, 0) is 14.3 Å². The van der Waals surface area contributed by atoms with Gasteiger partial charge in [0.15, 0.2) is 0 Å². The van der Waals surface area contributed by atoms with Crippen LogP contribution in [0.2, 0.25) is 0 Å². The standard InChI is InChI=1S/C8H12O4/c1-5(2)12-8(11)6(3)4-7(9)10/h5H,3-4H2,1-2H3,(H,9,10). The number of esters is 1. The first-order chi connectivity index (χ1) is 5.43. The number of hydrogen-bond donors (Lipinski definition) is 1. The number of carboxylic acid groups (broad SMARTS) is 1. The smallest absolute Gasteiger partial charge is 0.334 e. The molecule has 0 aromatic heterocycles. The van der Waals surface area contributed by atoms with Crippen LogP contribution in [0, 0.1) is 0 Å². The maximum atomic E-state index is 10.9. The van der Waals surface area contributed by atoms with Crippen molar-refractivity contribution in [2.24, 2.45) is 0 Å². The lowest BCUT2D eigenvalue weighted by Gasteiger charge is -2.07. The molecule has 68 valence electrons. The van der Waals surface area contributed by atoms with E-state index in [9.17, 15) is 9.59 Å². The minimum Gasteiger partial charge on any atom is -0.481 e. The second-order valence-electron chi connectivity index (χ2n) is 2.63. The fraction of sp³-hybridized carbons (Fsp3) is 0.500. The highest BCUT2D eigenvalue weighted by Gasteiger charge is 2.12. The topological polar surface area (TPSA) is 63.6 Å². The van der Waals surface area contributed by atoms with Gasteiger partial charge < -0.3 is 9.84 Å². The molecule has 0 aliphatic heterocycles. The van der Waals surface area contributed by atoms with E-state index in [1.54, 1.807) is 13.8 Å². The van der Waals surface area contributed by atoms with Gasteiger partial charge >= 0.3 is 11.9 Å². The van der Waals surface area contributed by atoms with Crippen LogP contribution >= 0.6 is 0 Å². The van der Waals surface area contributed by atoms with Gasteiger partial charge in [0.1, 0.15) is 0 Å². The average Bonchev–Trinajstić information content (AvgIpc) is 1.84. The summed E-state index contributed by atoms with van der Waals surface area (Å²) in [6.07, 6.45) is -0.617. The molecule has 0 fully saturated rings. The van der Waals surface area contributed by atoms with Crippen LogP contribution in [-0.4, -0.2) is 23.1 Å². The monoisotopic (exact) mass is 172 g/mol. The minimum atomic E-state index is -1.08. The Morgan fingerprint density at radius 1 is 1.50 bits per heavy atom. The lowest BCUT2D eigenvalue weighted by molar-refractivity contribution is -0.145. The van der Waals surface area contributed by atoms with Crippen LogP contribution < -0.4 is 0 Å². The van der Waals surface area contributed by atoms with E-state index in [0.717, 1.165) is 0 Å². The van der Waals surface area contributed by atoms with Crippen molar-refractivity contribution in [2.45, 2.75) is 26.4 Å². The first-order valence-corrected chi connectivity index (χ1v) is 3.54. The van der Waals surface area contributed by atoms with E-state index in [4.69, 9.17) is 9.84 Å². The van der Waals surface area contributed by atoms with Gasteiger partial charge in [-0.2, -0.15) is 0 Å². The van der Waals surface area contributed by atoms with Crippen LogP contribution in [0.3, 0.4) is 0 Å². The Hall–Kier alpha value is -1.32. The van der Waals surface area contributed by atoms with E-state index in [-0.39, 0.29) is 18.1 Å². The first-order valence-electron chi connectivity index (χ1n) is 3.54. The number of carbonyl (C=O) groups is 2. The summed E-state index contributed by atoms with van der Waals surface area (Å²) in [4.78, 5) is 21.0. The summed E-state index contributed by atoms with van der Waals surface area (Å²) in [5.74, 6) is -1.73. The van der Waals surface area contributed by atoms with Crippen LogP contribution in [0.1, 0.15) is 20.3 Å². The van der Waals surface area contributed by atoms with Crippen molar-refractivity contribution in [3.8, 4) is 0 Å². The summed E-state index contributed by atoms with van der Waals surface area (Å²) in [5, 5.41) is 8.30. The first kappa shape index (κ1) is 10.7. The molecule has 0 saturated heterocycles. The highest BCUT2D eigenvalue weighted by Crippen LogP contribution is 2.02. The Morgan fingerprint density at radius 2 is 2.00 bits per heavy atom. The Labute approximate surface area is 70.8 Å². The number of hydrogen-bond acceptors (Lipinski definition) is 3. The molecule has 0 aliphatic carbocycles. The van der Waals surface area contributed by atoms with Gasteiger partial charge in [-0.15, -0.1) is 0 Å². The van der Waals surface area contributed by atoms with E-state index >= 15 is 0 Å². The predicted molar refractivity (Wildman–Crippen MR) is 42.6 cm³/mol. The molecule has 0 atom stereocenters. The third kappa shape index (κ3) is 4.49. The minimum absolute atomic E-state index is 0.0313. The van der Waals surface area contributed by atoms with E-state index in [0.29, 0.717) is 0 Å². The highest BCUT2D eigenvalue weighted by atomic mass is 16.5. The molecule has 1 N–H and O–H groups in total. The third-order valence-electron chi connectivity index (χ3n) is 0.996. The molecule has 0 unspecified atom stereocenters. The van der Waals surface area contributed by atoms with Crippen LogP contribution in [0.15, 0.2) is 12.2 Å². The molecule has 0 amide bonds. The Balaban J connectivity index is 3.94. The lowest BCUT2D eigenvalue weighted by Crippen LogP contribution is -2.14. The van der Waals surface area contributed by atoms with Crippen LogP contribution in [0.25, 0.3) is 0 Å². The summed E-state index contributed by atoms with van der Waals surface area (Å²) < 4.78 is 4.71. The number of rotatable bonds is 4. The largest absolute Gasteiger partial charge is 0.481 e. The van der Waals surface area contributed by atoms with Crippen molar-refractivity contribution in [3.63, 3.8) is 0 Å². The summed E-state index contributed by atoms with van der Waals surface area (Å²) >= 11 is 0. The van der Waals surface area contributed by atoms with Gasteiger partial charge in [-0.1, -0.05) is 6.58 Å². The lowest BCUT2D eigenvalue weighted by atomic mass is 10.2. The van der Waals surface area contributed by atoms with E-state index in [2.05, 4.69) is 6.58 Å². The second kappa shape index (κ2) is 4.54. The van der Waals surface area contributed by atoms with Gasteiger partial charge in [-0.3, -0.25) is 4.79 Å². The zero-order chi connectivity index (χ0) is 9.72. The van der Waals surface area contributed by atoms with Crippen molar-refractivity contribution in [1.82, 2.24) is 0 Å². The number of carboxylic acids is 1. The molecule has 0 saturated carbocycles. The highest BCUT2D eigenvalue weighted by molar-refractivity contribution is 5.92. The summed E-state index contributed by atoms with van der Waals surface area (Å²) in [5.41, 5.74) is -0.0313. The van der Waals surface area contributed by atoms with Crippen molar-refractivity contribution in [3.05, 3.63) is 12.2 Å². The fourth-order valence-corrected chi connectivity index (χ4v) is 0.552. The normalized spacial score (nSPS) is 9.58. The average molecular weight is 172 g/mol. The van der Waals surface area contributed by atoms with Gasteiger partial charge in [0.25, 0.3) is 0 Å². The SMILES string of the molecule is C=C(CC(=O)O)C(=O)OC(C)C. The van der Waals surface area contributed by atoms with Crippen molar-refractivity contribution in [2.75, 3.05) is 0 Å². The molecule has 0 radical (unpaired) electrons. The molecule has 0 bridgehead atoms. The molecule has 0 spiro atoms. The molecule has 4 heteroatoms. The Bertz CT molecular complexity index is 205. The van der Waals surface area contributed by atoms with Gasteiger partial charge in [0.05, 0.1) is 12.5 Å². The zero-order valence-corrected chi connectivity index (χ0v) is 7.16. The van der Waals surface area contributed by atoms with Crippen LogP contribution in [0.4, 0.5) is 0 Å². The predicted octanol–water partition coefficient (Wildman–Crippen LogP) is 0.969. The van der Waals surface area contributed by atoms with E-state index < -0.39 is 11.9 Å². The zero-order valence-electron chi connectivity index (χ0n) is 7.16. The van der Waals surface area contributed by atoms with Gasteiger partial charge in [0.2, 0.25) is 0 Å². The molecule has 0 heterocycles. The molecule has 4 nitrogen and oxygen atoms in total. The van der Waals surface area contributed by atoms with Crippen LogP contribution in [0.5, 0.6) is 0 Å². The van der Waals surface area contributed by atoms with E-state index in [1.165, 1.54) is 0 Å². The van der Waals surface area contributed by atoms with Crippen molar-refractivity contribution in [1.29, 1.82) is 0 Å². The number of ether oxygens (including phenoxy) is 1. The fourth-order valence-electron chi connectivity index (χ4n) is 0.552. The van der Waals surface area contributed by atoms with Gasteiger partial charge in [0, 0.05) is 5.57 Å². The van der Waals surface area contributed by atoms with Crippen molar-refractivity contribution < 1.29 is 19.4 Å². The number of carbonyl (C=O) groups excluding carboxylic acids is 1. The maximum Gasteiger partial charge on any atom is 0.334 e. The molecule has 12 heavy (non-hydrogen) atoms. The molecular weight excluding hydrogens is 160 g/mol. The van der Waals surface area contributed by atoms with E-state index in [1.807, 2.05) is 0 Å². The molecule has 0 aromatic carbocycles. The molecule has 0 aromatic rings.